The van der Waals surface area contributed by atoms with Gasteiger partial charge in [-0.2, -0.15) is 0 Å². The zero-order chi connectivity index (χ0) is 17.0. The van der Waals surface area contributed by atoms with Crippen LogP contribution in [0.1, 0.15) is 0 Å². The van der Waals surface area contributed by atoms with Crippen molar-refractivity contribution < 1.29 is 0 Å². The van der Waals surface area contributed by atoms with Gasteiger partial charge in [-0.15, -0.1) is 24.0 Å². The van der Waals surface area contributed by atoms with E-state index in [9.17, 15) is 0 Å². The molecular formula is C24H21ISb. The fourth-order valence-electron chi connectivity index (χ4n) is 3.50. The Morgan fingerprint density at radius 1 is 0.308 bits per heavy atom. The molecule has 0 spiro atoms. The van der Waals surface area contributed by atoms with Crippen LogP contribution in [0.2, 0.25) is 0 Å². The molecule has 0 heterocycles. The number of benzene rings is 4. The second-order valence-electron chi connectivity index (χ2n) is 6.01. The van der Waals surface area contributed by atoms with Crippen LogP contribution in [-0.2, 0) is 0 Å². The van der Waals surface area contributed by atoms with Crippen molar-refractivity contribution >= 4 is 56.8 Å². The molecule has 129 valence electrons. The number of rotatable bonds is 4. The van der Waals surface area contributed by atoms with Crippen LogP contribution in [0.15, 0.2) is 121 Å². The molecule has 0 fully saturated rings. The minimum absolute atomic E-state index is 0. The molecule has 0 saturated heterocycles. The van der Waals surface area contributed by atoms with Gasteiger partial charge in [-0.1, -0.05) is 0 Å². The molecule has 4 rings (SSSR count). The average molecular weight is 558 g/mol. The van der Waals surface area contributed by atoms with Crippen LogP contribution in [0.4, 0.5) is 0 Å². The van der Waals surface area contributed by atoms with E-state index in [4.69, 9.17) is 0 Å². The predicted molar refractivity (Wildman–Crippen MR) is 125 cm³/mol. The molecule has 0 aliphatic rings. The van der Waals surface area contributed by atoms with Gasteiger partial charge in [0.05, 0.1) is 0 Å². The molecule has 0 bridgehead atoms. The molecule has 1 radical (unpaired) electrons. The summed E-state index contributed by atoms with van der Waals surface area (Å²) in [7, 11) is 0. The Balaban J connectivity index is 0.00000196. The van der Waals surface area contributed by atoms with Crippen molar-refractivity contribution in [2.24, 2.45) is 0 Å². The van der Waals surface area contributed by atoms with Crippen LogP contribution in [0, 0.1) is 0 Å². The summed E-state index contributed by atoms with van der Waals surface area (Å²) in [5.74, 6) is 0. The Hall–Kier alpha value is -1.57. The molecule has 0 nitrogen and oxygen atoms in total. The van der Waals surface area contributed by atoms with Gasteiger partial charge in [0.1, 0.15) is 0 Å². The second kappa shape index (κ2) is 8.88. The van der Waals surface area contributed by atoms with Crippen molar-refractivity contribution in [3.8, 4) is 0 Å². The van der Waals surface area contributed by atoms with Gasteiger partial charge >= 0.3 is 154 Å². The summed E-state index contributed by atoms with van der Waals surface area (Å²) in [6.45, 7) is 0. The van der Waals surface area contributed by atoms with Crippen LogP contribution in [0.5, 0.6) is 0 Å². The van der Waals surface area contributed by atoms with Gasteiger partial charge in [0, 0.05) is 0 Å². The van der Waals surface area contributed by atoms with Gasteiger partial charge in [0.25, 0.3) is 0 Å². The third-order valence-corrected chi connectivity index (χ3v) is 16.8. The van der Waals surface area contributed by atoms with Gasteiger partial charge in [-0.25, -0.2) is 0 Å². The van der Waals surface area contributed by atoms with E-state index < -0.39 is 18.8 Å². The van der Waals surface area contributed by atoms with Crippen molar-refractivity contribution in [1.82, 2.24) is 0 Å². The van der Waals surface area contributed by atoms with Crippen LogP contribution < -0.4 is 14.0 Å². The molecule has 4 aromatic carbocycles. The van der Waals surface area contributed by atoms with E-state index in [0.717, 1.165) is 0 Å². The second-order valence-corrected chi connectivity index (χ2v) is 15.7. The summed E-state index contributed by atoms with van der Waals surface area (Å²) in [6.07, 6.45) is 0. The van der Waals surface area contributed by atoms with Gasteiger partial charge in [0.2, 0.25) is 0 Å². The topological polar surface area (TPSA) is 0 Å². The molecule has 2 heteroatoms. The third kappa shape index (κ3) is 3.48. The molecule has 0 aromatic heterocycles. The first kappa shape index (κ1) is 19.2. The van der Waals surface area contributed by atoms with Crippen molar-refractivity contribution in [2.75, 3.05) is 0 Å². The molecular weight excluding hydrogens is 537 g/mol. The zero-order valence-corrected chi connectivity index (χ0v) is 19.3. The first-order chi connectivity index (χ1) is 12.4. The molecule has 0 N–H and O–H groups in total. The van der Waals surface area contributed by atoms with E-state index in [-0.39, 0.29) is 24.0 Å². The number of hydrogen-bond donors (Lipinski definition) is 0. The minimum atomic E-state index is -3.17. The first-order valence-corrected chi connectivity index (χ1v) is 13.6. The summed E-state index contributed by atoms with van der Waals surface area (Å²) < 4.78 is 5.91. The van der Waals surface area contributed by atoms with Gasteiger partial charge < -0.3 is 0 Å². The van der Waals surface area contributed by atoms with Crippen molar-refractivity contribution in [2.45, 2.75) is 0 Å². The van der Waals surface area contributed by atoms with Gasteiger partial charge in [-0.05, 0) is 0 Å². The molecule has 0 amide bonds. The Kier molecular flexibility index (Phi) is 6.56. The van der Waals surface area contributed by atoms with E-state index in [1.54, 1.807) is 0 Å². The summed E-state index contributed by atoms with van der Waals surface area (Å²) in [5, 5.41) is 0. The summed E-state index contributed by atoms with van der Waals surface area (Å²) in [6, 6.07) is 44.4. The Morgan fingerprint density at radius 2 is 0.500 bits per heavy atom. The molecule has 0 atom stereocenters. The number of hydrogen-bond acceptors (Lipinski definition) is 0. The maximum atomic E-state index is 2.32. The normalized spacial score (nSPS) is 10.8. The van der Waals surface area contributed by atoms with Crippen molar-refractivity contribution in [3.05, 3.63) is 121 Å². The van der Waals surface area contributed by atoms with Crippen molar-refractivity contribution in [1.29, 1.82) is 0 Å². The molecule has 0 aliphatic heterocycles. The zero-order valence-electron chi connectivity index (χ0n) is 14.4. The third-order valence-electron chi connectivity index (χ3n) is 4.57. The van der Waals surface area contributed by atoms with E-state index >= 15 is 0 Å². The molecule has 4 aromatic rings. The standard InChI is InChI=1S/4C6H5.HI.Sb/c4*1-2-4-6-5-3-1;;/h4*1-5H;1H;. The predicted octanol–water partition coefficient (Wildman–Crippen LogP) is 3.68. The fourth-order valence-corrected chi connectivity index (χ4v) is 15.7. The van der Waals surface area contributed by atoms with Crippen LogP contribution in [0.3, 0.4) is 0 Å². The monoisotopic (exact) mass is 557 g/mol. The molecule has 26 heavy (non-hydrogen) atoms. The van der Waals surface area contributed by atoms with Gasteiger partial charge in [-0.3, -0.25) is 0 Å². The van der Waals surface area contributed by atoms with E-state index in [0.29, 0.717) is 0 Å². The SMILES string of the molecule is I.c1cc[c]([Sb]([c]2ccccc2)([c]2ccccc2)[c]2ccccc2)cc1. The average Bonchev–Trinajstić information content (AvgIpc) is 2.72. The molecule has 0 aliphatic carbocycles. The quantitative estimate of drug-likeness (QED) is 0.265. The van der Waals surface area contributed by atoms with Crippen LogP contribution in [0.25, 0.3) is 0 Å². The van der Waals surface area contributed by atoms with Crippen LogP contribution in [-0.4, -0.2) is 18.8 Å². The first-order valence-electron chi connectivity index (χ1n) is 8.54. The summed E-state index contributed by atoms with van der Waals surface area (Å²) in [5.41, 5.74) is 0. The molecule has 0 unspecified atom stereocenters. The van der Waals surface area contributed by atoms with Crippen molar-refractivity contribution in [3.63, 3.8) is 0 Å². The Labute approximate surface area is 176 Å². The summed E-state index contributed by atoms with van der Waals surface area (Å²) >= 11 is -3.17. The van der Waals surface area contributed by atoms with E-state index in [1.165, 1.54) is 14.0 Å². The fraction of sp³-hybridized carbons (Fsp3) is 0. The Morgan fingerprint density at radius 3 is 0.692 bits per heavy atom. The molecule has 0 saturated carbocycles. The van der Waals surface area contributed by atoms with E-state index in [1.807, 2.05) is 0 Å². The van der Waals surface area contributed by atoms with Crippen LogP contribution >= 0.6 is 24.0 Å². The van der Waals surface area contributed by atoms with E-state index in [2.05, 4.69) is 121 Å². The van der Waals surface area contributed by atoms with Gasteiger partial charge in [0.15, 0.2) is 0 Å². The summed E-state index contributed by atoms with van der Waals surface area (Å²) in [4.78, 5) is 0. The number of halogens is 1. The maximum absolute atomic E-state index is 3.17. The Bertz CT molecular complexity index is 759.